The highest BCUT2D eigenvalue weighted by Gasteiger charge is 2.06. The maximum Gasteiger partial charge on any atom is 0.220 e. The Hall–Kier alpha value is -2.12. The van der Waals surface area contributed by atoms with E-state index >= 15 is 0 Å². The van der Waals surface area contributed by atoms with Crippen molar-refractivity contribution in [1.82, 2.24) is 25.9 Å². The largest absolute Gasteiger partial charge is 0.356 e. The Labute approximate surface area is 224 Å². The molecule has 0 bridgehead atoms. The van der Waals surface area contributed by atoms with Crippen LogP contribution in [-0.4, -0.2) is 45.1 Å². The van der Waals surface area contributed by atoms with Crippen molar-refractivity contribution in [3.05, 3.63) is 5.82 Å². The minimum atomic E-state index is 0.0320. The number of H-pyrrole nitrogens is 1. The van der Waals surface area contributed by atoms with Crippen LogP contribution in [0.5, 0.6) is 0 Å². The van der Waals surface area contributed by atoms with Gasteiger partial charge in [-0.2, -0.15) is 0 Å². The van der Waals surface area contributed by atoms with Crippen molar-refractivity contribution in [1.29, 1.82) is 0 Å². The summed E-state index contributed by atoms with van der Waals surface area (Å²) in [6.07, 6.45) is 24.7. The molecule has 1 rings (SSSR count). The van der Waals surface area contributed by atoms with E-state index in [0.29, 0.717) is 38.0 Å². The second-order valence-electron chi connectivity index (χ2n) is 10.6. The highest BCUT2D eigenvalue weighted by molar-refractivity contribution is 5.80. The van der Waals surface area contributed by atoms with Crippen LogP contribution in [0.1, 0.15) is 148 Å². The van der Waals surface area contributed by atoms with Crippen LogP contribution in [0.3, 0.4) is 0 Å². The van der Waals surface area contributed by atoms with Gasteiger partial charge in [-0.15, -0.1) is 5.10 Å². The number of nitrogens with one attached hydrogen (secondary N) is 2. The molecular weight excluding hydrogens is 466 g/mol. The van der Waals surface area contributed by atoms with E-state index in [2.05, 4.69) is 25.9 Å². The molecule has 0 saturated carbocycles. The molecule has 1 heterocycles. The third kappa shape index (κ3) is 21.7. The summed E-state index contributed by atoms with van der Waals surface area (Å²) < 4.78 is 0. The summed E-state index contributed by atoms with van der Waals surface area (Å²) >= 11 is 0. The van der Waals surface area contributed by atoms with Crippen LogP contribution < -0.4 is 5.32 Å². The monoisotopic (exact) mass is 519 g/mol. The van der Waals surface area contributed by atoms with Crippen molar-refractivity contribution < 1.29 is 14.4 Å². The molecule has 0 aliphatic heterocycles. The third-order valence-electron chi connectivity index (χ3n) is 7.01. The molecule has 0 aliphatic rings. The molecule has 1 amide bonds. The van der Waals surface area contributed by atoms with E-state index in [4.69, 9.17) is 0 Å². The van der Waals surface area contributed by atoms with Crippen LogP contribution in [0.25, 0.3) is 0 Å². The first-order valence-electron chi connectivity index (χ1n) is 15.1. The molecule has 0 saturated heterocycles. The van der Waals surface area contributed by atoms with Crippen LogP contribution in [0.2, 0.25) is 0 Å². The molecule has 37 heavy (non-hydrogen) atoms. The molecule has 1 unspecified atom stereocenters. The summed E-state index contributed by atoms with van der Waals surface area (Å²) in [6, 6.07) is 0. The van der Waals surface area contributed by atoms with Gasteiger partial charge in [-0.1, -0.05) is 90.4 Å². The Balaban J connectivity index is 1.74. The number of Topliss-reactive ketones (excluding diaryl/α,β-unsaturated/α-hetero) is 1. The molecule has 0 aliphatic carbocycles. The van der Waals surface area contributed by atoms with E-state index in [9.17, 15) is 14.4 Å². The van der Waals surface area contributed by atoms with Gasteiger partial charge in [0.1, 0.15) is 17.9 Å². The number of rotatable bonds is 27. The summed E-state index contributed by atoms with van der Waals surface area (Å²) in [5.74, 6) is 1.32. The van der Waals surface area contributed by atoms with E-state index < -0.39 is 0 Å². The maximum atomic E-state index is 12.0. The van der Waals surface area contributed by atoms with E-state index in [0.717, 1.165) is 57.1 Å². The zero-order valence-electron chi connectivity index (χ0n) is 23.5. The minimum Gasteiger partial charge on any atom is -0.356 e. The first kappa shape index (κ1) is 32.9. The number of amides is 1. The lowest BCUT2D eigenvalue weighted by molar-refractivity contribution is -0.121. The number of hydrogen-bond donors (Lipinski definition) is 2. The topological polar surface area (TPSA) is 118 Å². The van der Waals surface area contributed by atoms with Crippen LogP contribution in [0.15, 0.2) is 0 Å². The number of aldehydes is 1. The molecule has 1 aromatic rings. The van der Waals surface area contributed by atoms with Crippen molar-refractivity contribution in [2.45, 2.75) is 148 Å². The Bertz CT molecular complexity index is 681. The minimum absolute atomic E-state index is 0.0320. The molecule has 0 radical (unpaired) electrons. The third-order valence-corrected chi connectivity index (χ3v) is 7.01. The smallest absolute Gasteiger partial charge is 0.220 e. The lowest BCUT2D eigenvalue weighted by Crippen LogP contribution is -2.24. The number of carbonyl (C=O) groups excluding carboxylic acids is 3. The van der Waals surface area contributed by atoms with Crippen molar-refractivity contribution in [2.75, 3.05) is 6.54 Å². The Kier molecular flexibility index (Phi) is 21.6. The molecule has 0 aromatic carbocycles. The van der Waals surface area contributed by atoms with E-state index in [1.165, 1.54) is 70.6 Å². The number of aromatic nitrogens is 4. The van der Waals surface area contributed by atoms with Crippen molar-refractivity contribution in [3.8, 4) is 0 Å². The zero-order chi connectivity index (χ0) is 26.8. The summed E-state index contributed by atoms with van der Waals surface area (Å²) in [4.78, 5) is 34.4. The fourth-order valence-corrected chi connectivity index (χ4v) is 4.57. The lowest BCUT2D eigenvalue weighted by atomic mass is 10.0. The van der Waals surface area contributed by atoms with Gasteiger partial charge in [-0.3, -0.25) is 9.59 Å². The summed E-state index contributed by atoms with van der Waals surface area (Å²) in [5, 5.41) is 16.8. The average molecular weight is 520 g/mol. The number of aromatic amines is 1. The van der Waals surface area contributed by atoms with Gasteiger partial charge in [0.15, 0.2) is 0 Å². The number of nitrogens with zero attached hydrogens (tertiary/aromatic N) is 3. The Morgan fingerprint density at radius 1 is 0.757 bits per heavy atom. The van der Waals surface area contributed by atoms with Crippen molar-refractivity contribution in [3.63, 3.8) is 0 Å². The van der Waals surface area contributed by atoms with Crippen LogP contribution in [-0.2, 0) is 20.8 Å². The van der Waals surface area contributed by atoms with Gasteiger partial charge < -0.3 is 10.1 Å². The number of aryl methyl sites for hydroxylation is 1. The molecular formula is C29H53N5O3. The van der Waals surface area contributed by atoms with Gasteiger partial charge in [-0.05, 0) is 42.5 Å². The molecule has 0 fully saturated rings. The zero-order valence-corrected chi connectivity index (χ0v) is 23.5. The normalized spacial score (nSPS) is 11.9. The first-order chi connectivity index (χ1) is 18.1. The molecule has 212 valence electrons. The first-order valence-corrected chi connectivity index (χ1v) is 15.1. The van der Waals surface area contributed by atoms with Gasteiger partial charge >= 0.3 is 0 Å². The van der Waals surface area contributed by atoms with E-state index in [1.807, 2.05) is 6.92 Å². The summed E-state index contributed by atoms with van der Waals surface area (Å²) in [7, 11) is 0. The fourth-order valence-electron chi connectivity index (χ4n) is 4.57. The van der Waals surface area contributed by atoms with Crippen LogP contribution in [0.4, 0.5) is 0 Å². The number of unbranched alkanes of at least 4 members (excludes halogenated alkanes) is 14. The number of carbonyl (C=O) groups is 3. The van der Waals surface area contributed by atoms with Crippen LogP contribution in [0, 0.1) is 5.92 Å². The standard InChI is InChI=1S/C29H53N5O3/c1-26(25-35)19-16-17-24-30-29(37)23-18-21-27(36)20-14-12-10-8-6-4-2-3-5-7-9-11-13-15-22-28-31-33-34-32-28/h25-26H,2-24H2,1H3,(H,30,37)(H,31,32,33,34). The predicted molar refractivity (Wildman–Crippen MR) is 148 cm³/mol. The lowest BCUT2D eigenvalue weighted by Gasteiger charge is -2.06. The summed E-state index contributed by atoms with van der Waals surface area (Å²) in [5.41, 5.74) is 0. The average Bonchev–Trinajstić information content (AvgIpc) is 3.41. The SMILES string of the molecule is CC(C=O)CCCCNC(=O)CCCC(=O)CCCCCCCCCCCCCCCCc1nnn[nH]1. The van der Waals surface area contributed by atoms with Crippen molar-refractivity contribution >= 4 is 18.0 Å². The van der Waals surface area contributed by atoms with Crippen LogP contribution >= 0.6 is 0 Å². The number of ketones is 1. The predicted octanol–water partition coefficient (Wildman–Crippen LogP) is 6.45. The summed E-state index contributed by atoms with van der Waals surface area (Å²) in [6.45, 7) is 2.57. The van der Waals surface area contributed by atoms with Crippen molar-refractivity contribution in [2.24, 2.45) is 5.92 Å². The Morgan fingerprint density at radius 3 is 1.89 bits per heavy atom. The second-order valence-corrected chi connectivity index (χ2v) is 10.6. The van der Waals surface area contributed by atoms with Gasteiger partial charge in [0, 0.05) is 38.1 Å². The van der Waals surface area contributed by atoms with Gasteiger partial charge in [0.2, 0.25) is 5.91 Å². The second kappa shape index (κ2) is 24.2. The maximum absolute atomic E-state index is 12.0. The van der Waals surface area contributed by atoms with E-state index in [-0.39, 0.29) is 11.8 Å². The highest BCUT2D eigenvalue weighted by atomic mass is 16.1. The number of tetrazole rings is 1. The van der Waals surface area contributed by atoms with Gasteiger partial charge in [0.05, 0.1) is 0 Å². The molecule has 8 nitrogen and oxygen atoms in total. The molecule has 0 spiro atoms. The van der Waals surface area contributed by atoms with Gasteiger partial charge in [-0.25, -0.2) is 5.10 Å². The van der Waals surface area contributed by atoms with Gasteiger partial charge in [0.25, 0.3) is 0 Å². The van der Waals surface area contributed by atoms with E-state index in [1.54, 1.807) is 0 Å². The Morgan fingerprint density at radius 2 is 1.32 bits per heavy atom. The fraction of sp³-hybridized carbons (Fsp3) is 0.862. The molecule has 8 heteroatoms. The molecule has 1 atom stereocenters. The molecule has 2 N–H and O–H groups in total. The number of hydrogen-bond acceptors (Lipinski definition) is 6. The molecule has 1 aromatic heterocycles. The quantitative estimate of drug-likeness (QED) is 0.102. The highest BCUT2D eigenvalue weighted by Crippen LogP contribution is 2.14.